The Kier molecular flexibility index (Phi) is 6.71. The second kappa shape index (κ2) is 9.41. The van der Waals surface area contributed by atoms with Gasteiger partial charge in [-0.25, -0.2) is 13.4 Å². The van der Waals surface area contributed by atoms with Gasteiger partial charge >= 0.3 is 6.18 Å². The highest BCUT2D eigenvalue weighted by atomic mass is 32.2. The van der Waals surface area contributed by atoms with E-state index in [1.54, 1.807) is 10.3 Å². The Morgan fingerprint density at radius 2 is 1.97 bits per heavy atom. The number of ether oxygens (including phenoxy) is 1. The summed E-state index contributed by atoms with van der Waals surface area (Å²) in [7, 11) is -3.93. The van der Waals surface area contributed by atoms with Crippen LogP contribution in [-0.4, -0.2) is 49.5 Å². The number of aromatic nitrogens is 1. The van der Waals surface area contributed by atoms with Crippen molar-refractivity contribution in [1.82, 2.24) is 4.98 Å². The first-order valence-corrected chi connectivity index (χ1v) is 12.4. The third-order valence-electron chi connectivity index (χ3n) is 5.12. The molecule has 8 nitrogen and oxygen atoms in total. The number of nitrogens with zero attached hydrogens (tertiary/aromatic N) is 2. The Morgan fingerprint density at radius 3 is 2.65 bits per heavy atom. The van der Waals surface area contributed by atoms with E-state index < -0.39 is 34.5 Å². The summed E-state index contributed by atoms with van der Waals surface area (Å²) in [5.41, 5.74) is 0.159. The van der Waals surface area contributed by atoms with Crippen LogP contribution in [0.3, 0.4) is 0 Å². The minimum Gasteiger partial charge on any atom is -0.489 e. The van der Waals surface area contributed by atoms with Crippen LogP contribution >= 0.6 is 11.3 Å². The maximum absolute atomic E-state index is 13.3. The summed E-state index contributed by atoms with van der Waals surface area (Å²) in [5, 5.41) is 20.9. The molecule has 1 aliphatic heterocycles. The van der Waals surface area contributed by atoms with E-state index in [4.69, 9.17) is 4.74 Å². The summed E-state index contributed by atoms with van der Waals surface area (Å²) in [6.45, 7) is -0.174. The van der Waals surface area contributed by atoms with Crippen molar-refractivity contribution in [3.8, 4) is 5.75 Å². The standard InChI is InChI=1S/C21H20F3N3O5S2/c22-21(23,24)14-1-3-17(13(9-14)10-15(29)12-28)27-6-7-32-19-11-16(2-4-18(19)27)34(30,31)26-20-25-5-8-33-20/h1-5,8-9,11,15,28-29H,6-7,10,12H2,(H,25,26)/t15-/m1/s1. The number of aliphatic hydroxyl groups is 2. The first-order chi connectivity index (χ1) is 16.1. The van der Waals surface area contributed by atoms with Gasteiger partial charge < -0.3 is 19.8 Å². The van der Waals surface area contributed by atoms with Crippen LogP contribution < -0.4 is 14.4 Å². The van der Waals surface area contributed by atoms with E-state index in [2.05, 4.69) is 9.71 Å². The molecule has 1 aromatic heterocycles. The molecule has 13 heteroatoms. The van der Waals surface area contributed by atoms with E-state index in [0.29, 0.717) is 11.4 Å². The first-order valence-electron chi connectivity index (χ1n) is 10.0. The smallest absolute Gasteiger partial charge is 0.416 e. The lowest BCUT2D eigenvalue weighted by Gasteiger charge is -2.33. The number of rotatable bonds is 7. The molecule has 0 bridgehead atoms. The molecule has 0 unspecified atom stereocenters. The normalized spacial score (nSPS) is 14.9. The largest absolute Gasteiger partial charge is 0.489 e. The van der Waals surface area contributed by atoms with Crippen molar-refractivity contribution < 1.29 is 36.5 Å². The highest BCUT2D eigenvalue weighted by Crippen LogP contribution is 2.41. The summed E-state index contributed by atoms with van der Waals surface area (Å²) < 4.78 is 73.3. The topological polar surface area (TPSA) is 112 Å². The number of thiazole rings is 1. The molecule has 4 rings (SSSR count). The third kappa shape index (κ3) is 5.12. The molecule has 1 atom stereocenters. The zero-order valence-electron chi connectivity index (χ0n) is 17.5. The summed E-state index contributed by atoms with van der Waals surface area (Å²) >= 11 is 1.12. The lowest BCUT2D eigenvalue weighted by Crippen LogP contribution is -2.30. The highest BCUT2D eigenvalue weighted by molar-refractivity contribution is 7.93. The predicted octanol–water partition coefficient (Wildman–Crippen LogP) is 3.39. The Labute approximate surface area is 197 Å². The van der Waals surface area contributed by atoms with Crippen LogP contribution in [0.25, 0.3) is 0 Å². The van der Waals surface area contributed by atoms with Crippen molar-refractivity contribution >= 4 is 37.9 Å². The molecule has 0 amide bonds. The summed E-state index contributed by atoms with van der Waals surface area (Å²) in [6.07, 6.45) is -4.56. The molecule has 1 aliphatic rings. The van der Waals surface area contributed by atoms with Crippen molar-refractivity contribution in [2.24, 2.45) is 0 Å². The van der Waals surface area contributed by atoms with Gasteiger partial charge in [-0.1, -0.05) is 0 Å². The van der Waals surface area contributed by atoms with Gasteiger partial charge in [-0.15, -0.1) is 11.3 Å². The van der Waals surface area contributed by atoms with Gasteiger partial charge in [0.15, 0.2) is 5.13 Å². The molecule has 0 spiro atoms. The van der Waals surface area contributed by atoms with E-state index in [1.165, 1.54) is 30.5 Å². The fraction of sp³-hybridized carbons (Fsp3) is 0.286. The van der Waals surface area contributed by atoms with Crippen LogP contribution in [0.4, 0.5) is 29.7 Å². The van der Waals surface area contributed by atoms with Gasteiger partial charge in [-0.05, 0) is 35.9 Å². The first kappa shape index (κ1) is 24.3. The molecule has 0 saturated carbocycles. The predicted molar refractivity (Wildman–Crippen MR) is 120 cm³/mol. The second-order valence-corrected chi connectivity index (χ2v) is 10.0. The summed E-state index contributed by atoms with van der Waals surface area (Å²) in [6, 6.07) is 7.39. The van der Waals surface area contributed by atoms with Crippen molar-refractivity contribution in [3.05, 3.63) is 59.1 Å². The van der Waals surface area contributed by atoms with Crippen molar-refractivity contribution in [2.45, 2.75) is 23.6 Å². The van der Waals surface area contributed by atoms with Crippen molar-refractivity contribution in [2.75, 3.05) is 29.4 Å². The molecular weight excluding hydrogens is 495 g/mol. The number of anilines is 3. The maximum Gasteiger partial charge on any atom is 0.416 e. The Morgan fingerprint density at radius 1 is 1.21 bits per heavy atom. The van der Waals surface area contributed by atoms with Gasteiger partial charge in [-0.3, -0.25) is 4.72 Å². The fourth-order valence-electron chi connectivity index (χ4n) is 3.57. The number of benzene rings is 2. The second-order valence-electron chi connectivity index (χ2n) is 7.45. The third-order valence-corrected chi connectivity index (χ3v) is 7.28. The van der Waals surface area contributed by atoms with Crippen LogP contribution in [0.1, 0.15) is 11.1 Å². The van der Waals surface area contributed by atoms with E-state index in [-0.39, 0.29) is 40.9 Å². The number of nitrogens with one attached hydrogen (secondary N) is 1. The number of aliphatic hydroxyl groups excluding tert-OH is 2. The van der Waals surface area contributed by atoms with Crippen LogP contribution in [0, 0.1) is 0 Å². The zero-order valence-corrected chi connectivity index (χ0v) is 19.1. The molecule has 34 heavy (non-hydrogen) atoms. The minimum atomic E-state index is -4.58. The lowest BCUT2D eigenvalue weighted by molar-refractivity contribution is -0.137. The molecule has 0 saturated heterocycles. The van der Waals surface area contributed by atoms with Gasteiger partial charge in [0.05, 0.1) is 35.4 Å². The number of hydrogen-bond acceptors (Lipinski definition) is 8. The van der Waals surface area contributed by atoms with Crippen LogP contribution in [-0.2, 0) is 22.6 Å². The van der Waals surface area contributed by atoms with Crippen molar-refractivity contribution in [1.29, 1.82) is 0 Å². The fourth-order valence-corrected chi connectivity index (χ4v) is 5.38. The monoisotopic (exact) mass is 515 g/mol. The SMILES string of the molecule is O=S(=O)(Nc1nccs1)c1ccc2c(c1)OCCN2c1ccc(C(F)(F)F)cc1C[C@@H](O)CO. The Hall–Kier alpha value is -2.87. The van der Waals surface area contributed by atoms with E-state index in [1.807, 2.05) is 0 Å². The number of fused-ring (bicyclic) bond motifs is 1. The minimum absolute atomic E-state index is 0.0633. The molecule has 2 aromatic carbocycles. The van der Waals surface area contributed by atoms with Crippen LogP contribution in [0.15, 0.2) is 52.9 Å². The summed E-state index contributed by atoms with van der Waals surface area (Å²) in [5.74, 6) is 0.238. The quantitative estimate of drug-likeness (QED) is 0.442. The molecule has 3 aromatic rings. The van der Waals surface area contributed by atoms with Crippen LogP contribution in [0.2, 0.25) is 0 Å². The molecule has 0 aliphatic carbocycles. The van der Waals surface area contributed by atoms with Gasteiger partial charge in [0.2, 0.25) is 0 Å². The van der Waals surface area contributed by atoms with Gasteiger partial charge in [-0.2, -0.15) is 13.2 Å². The number of hydrogen-bond donors (Lipinski definition) is 3. The molecule has 2 heterocycles. The van der Waals surface area contributed by atoms with Gasteiger partial charge in [0.1, 0.15) is 12.4 Å². The average molecular weight is 516 g/mol. The highest BCUT2D eigenvalue weighted by Gasteiger charge is 2.32. The lowest BCUT2D eigenvalue weighted by atomic mass is 10.0. The number of halogens is 3. The molecule has 182 valence electrons. The average Bonchev–Trinajstić information content (AvgIpc) is 3.30. The molecule has 0 radical (unpaired) electrons. The van der Waals surface area contributed by atoms with E-state index in [9.17, 15) is 31.8 Å². The van der Waals surface area contributed by atoms with Gasteiger partial charge in [0.25, 0.3) is 10.0 Å². The maximum atomic E-state index is 13.3. The summed E-state index contributed by atoms with van der Waals surface area (Å²) in [4.78, 5) is 5.54. The van der Waals surface area contributed by atoms with E-state index in [0.717, 1.165) is 23.5 Å². The van der Waals surface area contributed by atoms with Crippen LogP contribution in [0.5, 0.6) is 5.75 Å². The molecule has 0 fully saturated rings. The molecular formula is C21H20F3N3O5S2. The Bertz CT molecular complexity index is 1270. The molecule has 3 N–H and O–H groups in total. The van der Waals surface area contributed by atoms with Crippen molar-refractivity contribution in [3.63, 3.8) is 0 Å². The Balaban J connectivity index is 1.71. The van der Waals surface area contributed by atoms with E-state index >= 15 is 0 Å². The number of alkyl halides is 3. The van der Waals surface area contributed by atoms with Gasteiger partial charge in [0, 0.05) is 29.8 Å². The number of sulfonamides is 1. The zero-order chi connectivity index (χ0) is 24.5.